The molecule has 1 heterocycles. The van der Waals surface area contributed by atoms with Crippen LogP contribution in [0.3, 0.4) is 0 Å². The molecule has 3 rings (SSSR count). The fourth-order valence-electron chi connectivity index (χ4n) is 2.35. The zero-order valence-corrected chi connectivity index (χ0v) is 14.5. The highest BCUT2D eigenvalue weighted by Crippen LogP contribution is 2.17. The van der Waals surface area contributed by atoms with Crippen molar-refractivity contribution in [1.29, 1.82) is 0 Å². The van der Waals surface area contributed by atoms with Crippen molar-refractivity contribution in [2.75, 3.05) is 16.4 Å². The lowest BCUT2D eigenvalue weighted by atomic mass is 10.3. The molecule has 0 fully saturated rings. The van der Waals surface area contributed by atoms with Gasteiger partial charge in [0, 0.05) is 18.3 Å². The van der Waals surface area contributed by atoms with Crippen LogP contribution in [-0.4, -0.2) is 27.5 Å². The first-order valence-corrected chi connectivity index (χ1v) is 8.94. The molecule has 0 spiro atoms. The van der Waals surface area contributed by atoms with Crippen LogP contribution >= 0.6 is 11.8 Å². The van der Waals surface area contributed by atoms with Crippen molar-refractivity contribution < 1.29 is 9.59 Å². The number of amides is 2. The molecule has 6 nitrogen and oxygen atoms in total. The number of nitrogens with one attached hydrogen (secondary N) is 3. The largest absolute Gasteiger partial charge is 0.341 e. The Morgan fingerprint density at radius 1 is 1.04 bits per heavy atom. The second-order valence-electron chi connectivity index (χ2n) is 5.50. The highest BCUT2D eigenvalue weighted by molar-refractivity contribution is 7.99. The summed E-state index contributed by atoms with van der Waals surface area (Å²) in [4.78, 5) is 30.7. The van der Waals surface area contributed by atoms with E-state index in [1.807, 2.05) is 24.3 Å². The zero-order valence-electron chi connectivity index (χ0n) is 13.7. The van der Waals surface area contributed by atoms with Crippen LogP contribution in [0.1, 0.15) is 12.7 Å². The first-order valence-electron chi connectivity index (χ1n) is 7.79. The summed E-state index contributed by atoms with van der Waals surface area (Å²) in [6, 6.07) is 14.9. The number of hydrogen-bond acceptors (Lipinski definition) is 4. The summed E-state index contributed by atoms with van der Waals surface area (Å²) in [6.45, 7) is 1.45. The van der Waals surface area contributed by atoms with E-state index >= 15 is 0 Å². The van der Waals surface area contributed by atoms with E-state index in [-0.39, 0.29) is 11.8 Å². The molecule has 1 aromatic heterocycles. The number of carbonyl (C=O) groups excluding carboxylic acids is 2. The third kappa shape index (κ3) is 4.84. The quantitative estimate of drug-likeness (QED) is 0.633. The van der Waals surface area contributed by atoms with Gasteiger partial charge >= 0.3 is 0 Å². The molecule has 0 saturated carbocycles. The van der Waals surface area contributed by atoms with Crippen LogP contribution < -0.4 is 10.6 Å². The summed E-state index contributed by atoms with van der Waals surface area (Å²) in [7, 11) is 0. The van der Waals surface area contributed by atoms with Gasteiger partial charge in [-0.15, -0.1) is 11.8 Å². The van der Waals surface area contributed by atoms with Gasteiger partial charge in [-0.2, -0.15) is 0 Å². The van der Waals surface area contributed by atoms with Crippen molar-refractivity contribution in [3.63, 3.8) is 0 Å². The predicted molar refractivity (Wildman–Crippen MR) is 102 cm³/mol. The van der Waals surface area contributed by atoms with E-state index < -0.39 is 0 Å². The van der Waals surface area contributed by atoms with Crippen molar-refractivity contribution in [3.05, 3.63) is 54.4 Å². The normalized spacial score (nSPS) is 10.6. The first-order chi connectivity index (χ1) is 12.1. The number of benzene rings is 2. The number of aromatic amines is 1. The molecule has 0 aliphatic rings. The molecular weight excluding hydrogens is 336 g/mol. The van der Waals surface area contributed by atoms with Crippen molar-refractivity contribution >= 4 is 46.0 Å². The van der Waals surface area contributed by atoms with E-state index in [0.717, 1.165) is 16.9 Å². The number of imidazole rings is 1. The highest BCUT2D eigenvalue weighted by atomic mass is 32.2. The Morgan fingerprint density at radius 2 is 1.72 bits per heavy atom. The van der Waals surface area contributed by atoms with E-state index in [2.05, 4.69) is 20.6 Å². The molecule has 25 heavy (non-hydrogen) atoms. The molecule has 2 amide bonds. The summed E-state index contributed by atoms with van der Waals surface area (Å²) in [5.41, 5.74) is 3.33. The van der Waals surface area contributed by atoms with E-state index in [0.29, 0.717) is 22.9 Å². The van der Waals surface area contributed by atoms with Gasteiger partial charge in [0.05, 0.1) is 22.5 Å². The predicted octanol–water partition coefficient (Wildman–Crippen LogP) is 3.39. The summed E-state index contributed by atoms with van der Waals surface area (Å²) in [5.74, 6) is 1.64. The molecule has 0 aliphatic carbocycles. The maximum atomic E-state index is 12.0. The standard InChI is InChI=1S/C18H18N4O2S/c1-12(23)19-13-6-8-14(9-7-13)20-18(24)11-25-10-17-21-15-4-2-3-5-16(15)22-17/h2-9H,10-11H2,1H3,(H,19,23)(H,20,24)(H,21,22). The van der Waals surface area contributed by atoms with Gasteiger partial charge in [-0.3, -0.25) is 9.59 Å². The first kappa shape index (κ1) is 17.0. The summed E-state index contributed by atoms with van der Waals surface area (Å²) in [6.07, 6.45) is 0. The van der Waals surface area contributed by atoms with Gasteiger partial charge in [0.1, 0.15) is 5.82 Å². The van der Waals surface area contributed by atoms with Crippen LogP contribution in [0.15, 0.2) is 48.5 Å². The van der Waals surface area contributed by atoms with Crippen LogP contribution in [0, 0.1) is 0 Å². The smallest absolute Gasteiger partial charge is 0.234 e. The van der Waals surface area contributed by atoms with Gasteiger partial charge in [0.25, 0.3) is 0 Å². The number of para-hydroxylation sites is 2. The van der Waals surface area contributed by atoms with Crippen molar-refractivity contribution in [3.8, 4) is 0 Å². The lowest BCUT2D eigenvalue weighted by molar-refractivity contribution is -0.114. The van der Waals surface area contributed by atoms with E-state index in [4.69, 9.17) is 0 Å². The Labute approximate surface area is 149 Å². The summed E-state index contributed by atoms with van der Waals surface area (Å²) in [5, 5.41) is 5.51. The van der Waals surface area contributed by atoms with Gasteiger partial charge in [-0.25, -0.2) is 4.98 Å². The maximum absolute atomic E-state index is 12.0. The Hall–Kier alpha value is -2.80. The lowest BCUT2D eigenvalue weighted by Gasteiger charge is -2.06. The van der Waals surface area contributed by atoms with Crippen molar-refractivity contribution in [2.24, 2.45) is 0 Å². The monoisotopic (exact) mass is 354 g/mol. The van der Waals surface area contributed by atoms with E-state index in [1.165, 1.54) is 18.7 Å². The lowest BCUT2D eigenvalue weighted by Crippen LogP contribution is -2.14. The Kier molecular flexibility index (Phi) is 5.35. The highest BCUT2D eigenvalue weighted by Gasteiger charge is 2.06. The zero-order chi connectivity index (χ0) is 17.6. The molecule has 0 radical (unpaired) electrons. The molecule has 0 saturated heterocycles. The van der Waals surface area contributed by atoms with Crippen LogP contribution in [0.4, 0.5) is 11.4 Å². The van der Waals surface area contributed by atoms with Gasteiger partial charge in [-0.1, -0.05) is 12.1 Å². The Bertz CT molecular complexity index is 856. The molecular formula is C18H18N4O2S. The maximum Gasteiger partial charge on any atom is 0.234 e. The Balaban J connectivity index is 1.46. The minimum atomic E-state index is -0.126. The summed E-state index contributed by atoms with van der Waals surface area (Å²) >= 11 is 1.50. The average molecular weight is 354 g/mol. The van der Waals surface area contributed by atoms with E-state index in [9.17, 15) is 9.59 Å². The van der Waals surface area contributed by atoms with Crippen molar-refractivity contribution in [2.45, 2.75) is 12.7 Å². The topological polar surface area (TPSA) is 86.9 Å². The fourth-order valence-corrected chi connectivity index (χ4v) is 3.04. The number of fused-ring (bicyclic) bond motifs is 1. The van der Waals surface area contributed by atoms with Crippen LogP contribution in [-0.2, 0) is 15.3 Å². The van der Waals surface area contributed by atoms with E-state index in [1.54, 1.807) is 24.3 Å². The van der Waals surface area contributed by atoms with Gasteiger partial charge in [-0.05, 0) is 36.4 Å². The number of aromatic nitrogens is 2. The SMILES string of the molecule is CC(=O)Nc1ccc(NC(=O)CSCc2nc3ccccc3[nH]2)cc1. The number of hydrogen-bond donors (Lipinski definition) is 3. The average Bonchev–Trinajstić information content (AvgIpc) is 2.99. The van der Waals surface area contributed by atoms with Crippen LogP contribution in [0.5, 0.6) is 0 Å². The molecule has 7 heteroatoms. The molecule has 0 unspecified atom stereocenters. The molecule has 0 bridgehead atoms. The third-order valence-corrected chi connectivity index (χ3v) is 4.34. The number of thioether (sulfide) groups is 1. The molecule has 0 atom stereocenters. The Morgan fingerprint density at radius 3 is 2.40 bits per heavy atom. The molecule has 3 N–H and O–H groups in total. The third-order valence-electron chi connectivity index (χ3n) is 3.40. The molecule has 0 aliphatic heterocycles. The van der Waals surface area contributed by atoms with Crippen LogP contribution in [0.25, 0.3) is 11.0 Å². The minimum Gasteiger partial charge on any atom is -0.341 e. The fraction of sp³-hybridized carbons (Fsp3) is 0.167. The number of H-pyrrole nitrogens is 1. The molecule has 3 aromatic rings. The van der Waals surface area contributed by atoms with Crippen molar-refractivity contribution in [1.82, 2.24) is 9.97 Å². The van der Waals surface area contributed by atoms with Gasteiger partial charge < -0.3 is 15.6 Å². The van der Waals surface area contributed by atoms with Gasteiger partial charge in [0.15, 0.2) is 0 Å². The molecule has 128 valence electrons. The van der Waals surface area contributed by atoms with Gasteiger partial charge in [0.2, 0.25) is 11.8 Å². The molecule has 2 aromatic carbocycles. The number of anilines is 2. The summed E-state index contributed by atoms with van der Waals surface area (Å²) < 4.78 is 0. The number of nitrogens with zero attached hydrogens (tertiary/aromatic N) is 1. The number of carbonyl (C=O) groups is 2. The second-order valence-corrected chi connectivity index (χ2v) is 6.49. The van der Waals surface area contributed by atoms with Crippen LogP contribution in [0.2, 0.25) is 0 Å². The minimum absolute atomic E-state index is 0.0756. The number of rotatable bonds is 6. The second kappa shape index (κ2) is 7.85.